The molecule has 3 heterocycles. The van der Waals surface area contributed by atoms with E-state index in [2.05, 4.69) is 10.2 Å². The van der Waals surface area contributed by atoms with Crippen molar-refractivity contribution in [3.05, 3.63) is 59.9 Å². The number of amides is 2. The molecule has 0 atom stereocenters. The fourth-order valence-corrected chi connectivity index (χ4v) is 4.37. The summed E-state index contributed by atoms with van der Waals surface area (Å²) in [5.41, 5.74) is 1.67. The first kappa shape index (κ1) is 18.9. The zero-order chi connectivity index (χ0) is 19.7. The number of hydrogen-bond donors (Lipinski definition) is 1. The van der Waals surface area contributed by atoms with Gasteiger partial charge in [0.15, 0.2) is 0 Å². The van der Waals surface area contributed by atoms with Crippen LogP contribution in [0.2, 0.25) is 0 Å². The summed E-state index contributed by atoms with van der Waals surface area (Å²) in [6.07, 6.45) is 2.04. The molecule has 0 aromatic heterocycles. The highest BCUT2D eigenvalue weighted by Crippen LogP contribution is 2.30. The molecule has 0 spiro atoms. The van der Waals surface area contributed by atoms with Crippen molar-refractivity contribution in [2.24, 2.45) is 0 Å². The van der Waals surface area contributed by atoms with E-state index < -0.39 is 5.54 Å². The minimum absolute atomic E-state index is 0.0942. The normalized spacial score (nSPS) is 22.0. The largest absolute Gasteiger partial charge is 0.329 e. The maximum absolute atomic E-state index is 14.7. The monoisotopic (exact) mass is 381 g/mol. The zero-order valence-electron chi connectivity index (χ0n) is 16.6. The number of rotatable bonds is 3. The topological polar surface area (TPSA) is 35.6 Å². The number of nitrogens with zero attached hydrogens (tertiary/aromatic N) is 2. The van der Waals surface area contributed by atoms with E-state index in [9.17, 15) is 9.18 Å². The van der Waals surface area contributed by atoms with Crippen LogP contribution in [0.15, 0.2) is 48.5 Å². The van der Waals surface area contributed by atoms with Gasteiger partial charge < -0.3 is 15.1 Å². The van der Waals surface area contributed by atoms with Crippen LogP contribution in [0, 0.1) is 5.82 Å². The first-order valence-corrected chi connectivity index (χ1v) is 10.1. The van der Waals surface area contributed by atoms with Gasteiger partial charge in [0.25, 0.3) is 0 Å². The molecule has 2 bridgehead atoms. The van der Waals surface area contributed by atoms with Gasteiger partial charge in [-0.3, -0.25) is 0 Å². The maximum atomic E-state index is 14.7. The highest BCUT2D eigenvalue weighted by atomic mass is 19.1. The smallest absolute Gasteiger partial charge is 0.318 e. The van der Waals surface area contributed by atoms with E-state index in [0.717, 1.165) is 50.1 Å². The summed E-state index contributed by atoms with van der Waals surface area (Å²) in [5, 5.41) is 3.10. The zero-order valence-corrected chi connectivity index (χ0v) is 16.6. The average Bonchev–Trinajstić information content (AvgIpc) is 3.02. The second-order valence-electron chi connectivity index (χ2n) is 8.38. The predicted octanol–water partition coefficient (Wildman–Crippen LogP) is 4.22. The van der Waals surface area contributed by atoms with Crippen molar-refractivity contribution >= 4 is 6.03 Å². The minimum Gasteiger partial charge on any atom is -0.329 e. The van der Waals surface area contributed by atoms with Crippen LogP contribution in [-0.2, 0) is 5.54 Å². The molecule has 5 rings (SSSR count). The summed E-state index contributed by atoms with van der Waals surface area (Å²) in [6, 6.07) is 15.2. The van der Waals surface area contributed by atoms with E-state index >= 15 is 0 Å². The lowest BCUT2D eigenvalue weighted by Gasteiger charge is -2.35. The Morgan fingerprint density at radius 1 is 1.00 bits per heavy atom. The number of halogens is 1. The Balaban J connectivity index is 1.57. The van der Waals surface area contributed by atoms with Crippen molar-refractivity contribution in [1.29, 1.82) is 0 Å². The summed E-state index contributed by atoms with van der Waals surface area (Å²) in [5.74, 6) is -0.298. The summed E-state index contributed by atoms with van der Waals surface area (Å²) >= 11 is 0. The van der Waals surface area contributed by atoms with Crippen LogP contribution in [0.1, 0.15) is 32.3 Å². The molecular formula is C23H28FN3O. The van der Waals surface area contributed by atoms with Gasteiger partial charge in [-0.25, -0.2) is 9.18 Å². The van der Waals surface area contributed by atoms with Crippen molar-refractivity contribution in [2.75, 3.05) is 26.2 Å². The standard InChI is InChI=1S/C23H28FN3O/c1-23(2,25-22(28)27-15-14-26-12-10-19(27)11-13-26)20-16-18(8-9-21(20)24)17-6-4-3-5-7-17/h3-9,16,19H,10-15H2,1-2H3,(H,25,28). The van der Waals surface area contributed by atoms with Crippen LogP contribution in [-0.4, -0.2) is 48.1 Å². The van der Waals surface area contributed by atoms with Gasteiger partial charge in [-0.15, -0.1) is 0 Å². The summed E-state index contributed by atoms with van der Waals surface area (Å²) in [7, 11) is 0. The summed E-state index contributed by atoms with van der Waals surface area (Å²) in [4.78, 5) is 17.4. The highest BCUT2D eigenvalue weighted by Gasteiger charge is 2.35. The van der Waals surface area contributed by atoms with Gasteiger partial charge in [0.2, 0.25) is 0 Å². The van der Waals surface area contributed by atoms with Crippen molar-refractivity contribution < 1.29 is 9.18 Å². The van der Waals surface area contributed by atoms with Gasteiger partial charge in [-0.1, -0.05) is 36.4 Å². The Kier molecular flexibility index (Phi) is 5.11. The Labute approximate surface area is 166 Å². The number of carbonyl (C=O) groups excluding carboxylic acids is 1. The molecule has 28 heavy (non-hydrogen) atoms. The Bertz CT molecular complexity index is 844. The second kappa shape index (κ2) is 7.55. The number of hydrogen-bond acceptors (Lipinski definition) is 2. The van der Waals surface area contributed by atoms with Crippen LogP contribution in [0.5, 0.6) is 0 Å². The molecule has 3 aliphatic heterocycles. The molecule has 0 saturated carbocycles. The fraction of sp³-hybridized carbons (Fsp3) is 0.435. The minimum atomic E-state index is -0.809. The number of benzene rings is 2. The Morgan fingerprint density at radius 2 is 1.71 bits per heavy atom. The third-order valence-electron chi connectivity index (χ3n) is 6.08. The van der Waals surface area contributed by atoms with Gasteiger partial charge in [0.1, 0.15) is 5.82 Å². The Morgan fingerprint density at radius 3 is 2.43 bits per heavy atom. The van der Waals surface area contributed by atoms with Crippen LogP contribution in [0.4, 0.5) is 9.18 Å². The average molecular weight is 381 g/mol. The third kappa shape index (κ3) is 3.76. The van der Waals surface area contributed by atoms with Gasteiger partial charge in [0.05, 0.1) is 5.54 Å². The lowest BCUT2D eigenvalue weighted by atomic mass is 9.90. The molecule has 148 valence electrons. The summed E-state index contributed by atoms with van der Waals surface area (Å²) < 4.78 is 14.7. The van der Waals surface area contributed by atoms with E-state index in [0.29, 0.717) is 5.56 Å². The molecule has 5 heteroatoms. The lowest BCUT2D eigenvalue weighted by Crippen LogP contribution is -2.52. The Hall–Kier alpha value is -2.40. The quantitative estimate of drug-likeness (QED) is 0.864. The van der Waals surface area contributed by atoms with Crippen LogP contribution in [0.25, 0.3) is 11.1 Å². The number of piperidine rings is 1. The molecular weight excluding hydrogens is 353 g/mol. The van der Waals surface area contributed by atoms with E-state index in [1.165, 1.54) is 6.07 Å². The molecule has 2 amide bonds. The van der Waals surface area contributed by atoms with Crippen molar-refractivity contribution in [1.82, 2.24) is 15.1 Å². The van der Waals surface area contributed by atoms with Gasteiger partial charge >= 0.3 is 6.03 Å². The third-order valence-corrected chi connectivity index (χ3v) is 6.08. The first-order chi connectivity index (χ1) is 13.4. The predicted molar refractivity (Wildman–Crippen MR) is 110 cm³/mol. The summed E-state index contributed by atoms with van der Waals surface area (Å²) in [6.45, 7) is 7.52. The molecule has 0 radical (unpaired) electrons. The van der Waals surface area contributed by atoms with Gasteiger partial charge in [-0.05, 0) is 49.9 Å². The molecule has 3 fully saturated rings. The second-order valence-corrected chi connectivity index (χ2v) is 8.38. The maximum Gasteiger partial charge on any atom is 0.318 e. The molecule has 1 N–H and O–H groups in total. The number of nitrogens with one attached hydrogen (secondary N) is 1. The van der Waals surface area contributed by atoms with Gasteiger partial charge in [0, 0.05) is 37.8 Å². The highest BCUT2D eigenvalue weighted by molar-refractivity contribution is 5.76. The lowest BCUT2D eigenvalue weighted by molar-refractivity contribution is 0.161. The SMILES string of the molecule is CC(C)(NC(=O)N1CCN2CCC1CC2)c1cc(-c2ccccc2)ccc1F. The van der Waals surface area contributed by atoms with Gasteiger partial charge in [-0.2, -0.15) is 0 Å². The van der Waals surface area contributed by atoms with Crippen LogP contribution < -0.4 is 5.32 Å². The molecule has 3 saturated heterocycles. The van der Waals surface area contributed by atoms with Crippen LogP contribution >= 0.6 is 0 Å². The number of fused-ring (bicyclic) bond motifs is 4. The molecule has 2 aromatic carbocycles. The molecule has 3 aliphatic rings. The van der Waals surface area contributed by atoms with Crippen molar-refractivity contribution in [3.8, 4) is 11.1 Å². The molecule has 0 aliphatic carbocycles. The first-order valence-electron chi connectivity index (χ1n) is 10.1. The van der Waals surface area contributed by atoms with E-state index in [4.69, 9.17) is 0 Å². The number of carbonyl (C=O) groups is 1. The fourth-order valence-electron chi connectivity index (χ4n) is 4.37. The molecule has 0 unspecified atom stereocenters. The van der Waals surface area contributed by atoms with Crippen LogP contribution in [0.3, 0.4) is 0 Å². The van der Waals surface area contributed by atoms with E-state index in [1.54, 1.807) is 6.07 Å². The van der Waals surface area contributed by atoms with E-state index in [1.807, 2.05) is 55.1 Å². The van der Waals surface area contributed by atoms with E-state index in [-0.39, 0.29) is 17.9 Å². The molecule has 4 nitrogen and oxygen atoms in total. The molecule has 2 aromatic rings. The van der Waals surface area contributed by atoms with Crippen molar-refractivity contribution in [3.63, 3.8) is 0 Å². The number of urea groups is 1. The van der Waals surface area contributed by atoms with Crippen molar-refractivity contribution in [2.45, 2.75) is 38.3 Å².